The molecule has 0 aromatic heterocycles. The Kier molecular flexibility index (Phi) is 8.19. The van der Waals surface area contributed by atoms with Crippen LogP contribution in [0.3, 0.4) is 0 Å². The van der Waals surface area contributed by atoms with Crippen molar-refractivity contribution in [3.8, 4) is 11.5 Å². The summed E-state index contributed by atoms with van der Waals surface area (Å²) < 4.78 is 10.9. The first-order valence-electron chi connectivity index (χ1n) is 9.76. The molecular formula is C20H34N4O3. The first-order valence-corrected chi connectivity index (χ1v) is 9.76. The van der Waals surface area contributed by atoms with Crippen LogP contribution in [0, 0.1) is 0 Å². The lowest BCUT2D eigenvalue weighted by Crippen LogP contribution is -2.56. The average molecular weight is 379 g/mol. The minimum absolute atomic E-state index is 0.0145. The van der Waals surface area contributed by atoms with Crippen molar-refractivity contribution >= 4 is 5.96 Å². The van der Waals surface area contributed by atoms with Gasteiger partial charge in [0.2, 0.25) is 0 Å². The molecular weight excluding hydrogens is 344 g/mol. The van der Waals surface area contributed by atoms with Crippen LogP contribution in [0.1, 0.15) is 33.3 Å². The molecule has 1 heterocycles. The maximum atomic E-state index is 9.83. The topological polar surface area (TPSA) is 78.4 Å². The zero-order chi connectivity index (χ0) is 19.7. The van der Waals surface area contributed by atoms with E-state index in [9.17, 15) is 5.11 Å². The summed E-state index contributed by atoms with van der Waals surface area (Å²) in [5.74, 6) is 1.43. The minimum Gasteiger partial charge on any atom is -0.504 e. The highest BCUT2D eigenvalue weighted by Gasteiger charge is 2.28. The van der Waals surface area contributed by atoms with Gasteiger partial charge in [-0.2, -0.15) is 0 Å². The highest BCUT2D eigenvalue weighted by atomic mass is 16.5. The van der Waals surface area contributed by atoms with E-state index in [1.807, 2.05) is 19.1 Å². The van der Waals surface area contributed by atoms with Crippen LogP contribution in [-0.2, 0) is 11.3 Å². The van der Waals surface area contributed by atoms with Crippen molar-refractivity contribution in [2.24, 2.45) is 4.99 Å². The quantitative estimate of drug-likeness (QED) is 0.474. The van der Waals surface area contributed by atoms with E-state index in [2.05, 4.69) is 41.3 Å². The third-order valence-electron chi connectivity index (χ3n) is 4.64. The SMILES string of the molecule is CCNC(=NCc1ccc(O)c(OCC)c1)NCC(C)(C)N1CCOCC1. The number of hydrogen-bond acceptors (Lipinski definition) is 5. The smallest absolute Gasteiger partial charge is 0.191 e. The number of aromatic hydroxyl groups is 1. The van der Waals surface area contributed by atoms with Gasteiger partial charge in [-0.25, -0.2) is 4.99 Å². The summed E-state index contributed by atoms with van der Waals surface area (Å²) in [6, 6.07) is 5.35. The maximum absolute atomic E-state index is 9.83. The fourth-order valence-electron chi connectivity index (χ4n) is 3.02. The number of aliphatic imine (C=N–C) groups is 1. The summed E-state index contributed by atoms with van der Waals surface area (Å²) in [5, 5.41) is 16.6. The van der Waals surface area contributed by atoms with E-state index in [1.165, 1.54) is 0 Å². The van der Waals surface area contributed by atoms with Crippen molar-refractivity contribution < 1.29 is 14.6 Å². The van der Waals surface area contributed by atoms with Crippen LogP contribution < -0.4 is 15.4 Å². The monoisotopic (exact) mass is 378 g/mol. The van der Waals surface area contributed by atoms with Crippen molar-refractivity contribution in [3.05, 3.63) is 23.8 Å². The zero-order valence-corrected chi connectivity index (χ0v) is 17.0. The van der Waals surface area contributed by atoms with E-state index >= 15 is 0 Å². The average Bonchev–Trinajstić information content (AvgIpc) is 2.67. The highest BCUT2D eigenvalue weighted by Crippen LogP contribution is 2.27. The maximum Gasteiger partial charge on any atom is 0.191 e. The molecule has 0 unspecified atom stereocenters. The Hall–Kier alpha value is -1.99. The van der Waals surface area contributed by atoms with Gasteiger partial charge in [0.25, 0.3) is 0 Å². The molecule has 1 fully saturated rings. The standard InChI is InChI=1S/C20H34N4O3/c1-5-21-19(23-15-20(3,4)24-9-11-26-12-10-24)22-14-16-7-8-17(25)18(13-16)27-6-2/h7-8,13,25H,5-6,9-12,14-15H2,1-4H3,(H2,21,22,23). The van der Waals surface area contributed by atoms with E-state index < -0.39 is 0 Å². The first-order chi connectivity index (χ1) is 13.0. The second kappa shape index (κ2) is 10.4. The summed E-state index contributed by atoms with van der Waals surface area (Å²) in [6.45, 7) is 14.5. The third-order valence-corrected chi connectivity index (χ3v) is 4.64. The summed E-state index contributed by atoms with van der Waals surface area (Å²) in [6.07, 6.45) is 0. The van der Waals surface area contributed by atoms with Gasteiger partial charge in [-0.1, -0.05) is 6.07 Å². The summed E-state index contributed by atoms with van der Waals surface area (Å²) in [7, 11) is 0. The molecule has 152 valence electrons. The second-order valence-corrected chi connectivity index (χ2v) is 7.20. The first kappa shape index (κ1) is 21.3. The van der Waals surface area contributed by atoms with Gasteiger partial charge in [0.1, 0.15) is 0 Å². The second-order valence-electron chi connectivity index (χ2n) is 7.20. The number of hydrogen-bond donors (Lipinski definition) is 3. The van der Waals surface area contributed by atoms with Gasteiger partial charge in [0.15, 0.2) is 17.5 Å². The Bertz CT molecular complexity index is 613. The predicted octanol–water partition coefficient (Wildman–Crippen LogP) is 1.96. The lowest BCUT2D eigenvalue weighted by molar-refractivity contribution is -0.00834. The summed E-state index contributed by atoms with van der Waals surface area (Å²) in [5.41, 5.74) is 1.00. The molecule has 0 amide bonds. The van der Waals surface area contributed by atoms with Crippen LogP contribution in [0.2, 0.25) is 0 Å². The summed E-state index contributed by atoms with van der Waals surface area (Å²) >= 11 is 0. The summed E-state index contributed by atoms with van der Waals surface area (Å²) in [4.78, 5) is 7.12. The fraction of sp³-hybridized carbons (Fsp3) is 0.650. The van der Waals surface area contributed by atoms with Crippen molar-refractivity contribution in [3.63, 3.8) is 0 Å². The molecule has 0 bridgehead atoms. The molecule has 7 heteroatoms. The molecule has 0 atom stereocenters. The molecule has 1 aliphatic rings. The van der Waals surface area contributed by atoms with Crippen LogP contribution in [0.5, 0.6) is 11.5 Å². The molecule has 1 aliphatic heterocycles. The van der Waals surface area contributed by atoms with Crippen molar-refractivity contribution in [2.45, 2.75) is 39.8 Å². The number of rotatable bonds is 8. The van der Waals surface area contributed by atoms with E-state index in [0.29, 0.717) is 18.9 Å². The Labute approximate surface area is 162 Å². The number of phenolic OH excluding ortho intramolecular Hbond substituents is 1. The molecule has 0 aliphatic carbocycles. The molecule has 1 aromatic rings. The molecule has 1 aromatic carbocycles. The van der Waals surface area contributed by atoms with Gasteiger partial charge < -0.3 is 25.2 Å². The van der Waals surface area contributed by atoms with E-state index in [4.69, 9.17) is 9.47 Å². The van der Waals surface area contributed by atoms with Crippen LogP contribution in [0.25, 0.3) is 0 Å². The number of morpholine rings is 1. The molecule has 27 heavy (non-hydrogen) atoms. The van der Waals surface area contributed by atoms with Crippen molar-refractivity contribution in [2.75, 3.05) is 46.0 Å². The predicted molar refractivity (Wildman–Crippen MR) is 109 cm³/mol. The zero-order valence-electron chi connectivity index (χ0n) is 17.0. The Balaban J connectivity index is 1.98. The van der Waals surface area contributed by atoms with Gasteiger partial charge in [-0.3, -0.25) is 4.90 Å². The molecule has 0 radical (unpaired) electrons. The number of phenols is 1. The highest BCUT2D eigenvalue weighted by molar-refractivity contribution is 5.79. The third kappa shape index (κ3) is 6.59. The van der Waals surface area contributed by atoms with Crippen LogP contribution in [-0.4, -0.2) is 67.5 Å². The normalized spacial score (nSPS) is 16.2. The lowest BCUT2D eigenvalue weighted by Gasteiger charge is -2.41. The molecule has 0 saturated carbocycles. The van der Waals surface area contributed by atoms with E-state index in [0.717, 1.165) is 50.9 Å². The molecule has 1 saturated heterocycles. The van der Waals surface area contributed by atoms with Crippen LogP contribution in [0.15, 0.2) is 23.2 Å². The van der Waals surface area contributed by atoms with Crippen LogP contribution in [0.4, 0.5) is 0 Å². The largest absolute Gasteiger partial charge is 0.504 e. The molecule has 2 rings (SSSR count). The Morgan fingerprint density at radius 2 is 2.00 bits per heavy atom. The van der Waals surface area contributed by atoms with Crippen molar-refractivity contribution in [1.82, 2.24) is 15.5 Å². The molecule has 0 spiro atoms. The van der Waals surface area contributed by atoms with Crippen LogP contribution >= 0.6 is 0 Å². The van der Waals surface area contributed by atoms with Gasteiger partial charge in [0.05, 0.1) is 26.4 Å². The van der Waals surface area contributed by atoms with Gasteiger partial charge in [-0.05, 0) is 45.4 Å². The molecule has 7 nitrogen and oxygen atoms in total. The fourth-order valence-corrected chi connectivity index (χ4v) is 3.02. The Morgan fingerprint density at radius 1 is 1.26 bits per heavy atom. The number of guanidine groups is 1. The van der Waals surface area contributed by atoms with Gasteiger partial charge in [0, 0.05) is 31.7 Å². The van der Waals surface area contributed by atoms with E-state index in [-0.39, 0.29) is 11.3 Å². The van der Waals surface area contributed by atoms with Gasteiger partial charge >= 0.3 is 0 Å². The number of benzene rings is 1. The van der Waals surface area contributed by atoms with Crippen molar-refractivity contribution in [1.29, 1.82) is 0 Å². The lowest BCUT2D eigenvalue weighted by atomic mass is 10.0. The number of nitrogens with zero attached hydrogens (tertiary/aromatic N) is 2. The minimum atomic E-state index is 0.0145. The Morgan fingerprint density at radius 3 is 2.67 bits per heavy atom. The van der Waals surface area contributed by atoms with Gasteiger partial charge in [-0.15, -0.1) is 0 Å². The van der Waals surface area contributed by atoms with E-state index in [1.54, 1.807) is 6.07 Å². The number of nitrogens with one attached hydrogen (secondary N) is 2. The number of ether oxygens (including phenoxy) is 2. The molecule has 3 N–H and O–H groups in total.